The van der Waals surface area contributed by atoms with E-state index in [0.717, 1.165) is 12.1 Å². The van der Waals surface area contributed by atoms with Crippen LogP contribution in [0, 0.1) is 5.53 Å². The zero-order chi connectivity index (χ0) is 7.40. The van der Waals surface area contributed by atoms with E-state index in [1.807, 2.05) is 18.2 Å². The number of allylic oxidation sites excluding steroid dienone is 2. The molecule has 1 aliphatic carbocycles. The molecule has 4 heteroatoms. The third kappa shape index (κ3) is 1.88. The highest BCUT2D eigenvalue weighted by Gasteiger charge is 2.01. The van der Waals surface area contributed by atoms with Gasteiger partial charge in [0.2, 0.25) is 0 Å². The molecule has 0 amide bonds. The first-order valence-electron chi connectivity index (χ1n) is 3.02. The van der Waals surface area contributed by atoms with Crippen LogP contribution in [0.3, 0.4) is 0 Å². The molecule has 0 saturated carbocycles. The highest BCUT2D eigenvalue weighted by atomic mass is 32.1. The van der Waals surface area contributed by atoms with Gasteiger partial charge in [0.05, 0.1) is 5.70 Å². The van der Waals surface area contributed by atoms with Gasteiger partial charge >= 0.3 is 0 Å². The van der Waals surface area contributed by atoms with Gasteiger partial charge in [-0.25, -0.2) is 0 Å². The van der Waals surface area contributed by atoms with Crippen molar-refractivity contribution in [3.63, 3.8) is 0 Å². The summed E-state index contributed by atoms with van der Waals surface area (Å²) in [5.74, 6) is 0. The smallest absolute Gasteiger partial charge is 0.0536 e. The van der Waals surface area contributed by atoms with Gasteiger partial charge in [-0.15, -0.1) is 0 Å². The lowest BCUT2D eigenvalue weighted by Crippen LogP contribution is -2.06. The Morgan fingerprint density at radius 3 is 3.10 bits per heavy atom. The van der Waals surface area contributed by atoms with E-state index in [1.54, 1.807) is 0 Å². The van der Waals surface area contributed by atoms with E-state index in [2.05, 4.69) is 23.3 Å². The number of hydrogen-bond donors (Lipinski definition) is 3. The van der Waals surface area contributed by atoms with Crippen molar-refractivity contribution in [1.29, 1.82) is 5.53 Å². The first kappa shape index (κ1) is 7.34. The first-order valence-corrected chi connectivity index (χ1v) is 3.53. The van der Waals surface area contributed by atoms with Gasteiger partial charge in [-0.2, -0.15) is 18.2 Å². The van der Waals surface area contributed by atoms with Crippen molar-refractivity contribution >= 4 is 12.6 Å². The van der Waals surface area contributed by atoms with E-state index in [1.165, 1.54) is 0 Å². The third-order valence-electron chi connectivity index (χ3n) is 1.26. The van der Waals surface area contributed by atoms with E-state index in [9.17, 15) is 0 Å². The molecule has 0 radical (unpaired) electrons. The summed E-state index contributed by atoms with van der Waals surface area (Å²) >= 11 is 4.23. The van der Waals surface area contributed by atoms with Gasteiger partial charge in [-0.1, -0.05) is 17.4 Å². The van der Waals surface area contributed by atoms with Crippen molar-refractivity contribution in [3.8, 4) is 0 Å². The average molecular weight is 155 g/mol. The van der Waals surface area contributed by atoms with Crippen LogP contribution in [0.15, 0.2) is 29.1 Å². The molecule has 0 aliphatic heterocycles. The zero-order valence-corrected chi connectivity index (χ0v) is 6.31. The minimum absolute atomic E-state index is 0.316. The summed E-state index contributed by atoms with van der Waals surface area (Å²) in [7, 11) is 0. The second kappa shape index (κ2) is 3.41. The molecule has 1 unspecified atom stereocenters. The maximum atomic E-state index is 6.51. The van der Waals surface area contributed by atoms with Crippen molar-refractivity contribution in [3.05, 3.63) is 23.9 Å². The number of rotatable bonds is 2. The molecule has 0 saturated heterocycles. The molecule has 0 aromatic heterocycles. The SMILES string of the molecule is N=NNC1=CCC(S)C=C1. The Morgan fingerprint density at radius 1 is 1.80 bits per heavy atom. The fourth-order valence-corrected chi connectivity index (χ4v) is 0.948. The lowest BCUT2D eigenvalue weighted by Gasteiger charge is -2.08. The van der Waals surface area contributed by atoms with E-state index < -0.39 is 0 Å². The monoisotopic (exact) mass is 155 g/mol. The Hall–Kier alpha value is -0.770. The van der Waals surface area contributed by atoms with E-state index in [4.69, 9.17) is 5.53 Å². The van der Waals surface area contributed by atoms with Gasteiger partial charge < -0.3 is 0 Å². The molecule has 0 spiro atoms. The lowest BCUT2D eigenvalue weighted by atomic mass is 10.1. The normalized spacial score (nSPS) is 23.7. The molecule has 0 aromatic carbocycles. The van der Waals surface area contributed by atoms with Crippen LogP contribution in [0.1, 0.15) is 6.42 Å². The van der Waals surface area contributed by atoms with Gasteiger partial charge in [0, 0.05) is 5.25 Å². The Kier molecular flexibility index (Phi) is 2.50. The van der Waals surface area contributed by atoms with Crippen LogP contribution < -0.4 is 5.43 Å². The summed E-state index contributed by atoms with van der Waals surface area (Å²) in [5.41, 5.74) is 9.92. The van der Waals surface area contributed by atoms with Crippen molar-refractivity contribution in [2.45, 2.75) is 11.7 Å². The van der Waals surface area contributed by atoms with Crippen LogP contribution in [-0.2, 0) is 0 Å². The van der Waals surface area contributed by atoms with Crippen molar-refractivity contribution in [2.24, 2.45) is 5.22 Å². The number of hydrogen-bond acceptors (Lipinski definition) is 3. The molecule has 1 rings (SSSR count). The van der Waals surface area contributed by atoms with Gasteiger partial charge in [-0.05, 0) is 12.5 Å². The molecule has 3 nitrogen and oxygen atoms in total. The van der Waals surface area contributed by atoms with Crippen LogP contribution in [0.25, 0.3) is 0 Å². The Labute approximate surface area is 65.1 Å². The van der Waals surface area contributed by atoms with Gasteiger partial charge in [-0.3, -0.25) is 5.43 Å². The molecule has 0 aromatic rings. The Bertz CT molecular complexity index is 185. The quantitative estimate of drug-likeness (QED) is 0.317. The second-order valence-electron chi connectivity index (χ2n) is 2.05. The number of nitrogens with zero attached hydrogens (tertiary/aromatic N) is 1. The van der Waals surface area contributed by atoms with Crippen LogP contribution in [0.2, 0.25) is 0 Å². The topological polar surface area (TPSA) is 48.2 Å². The third-order valence-corrected chi connectivity index (χ3v) is 1.65. The molecule has 1 atom stereocenters. The fraction of sp³-hybridized carbons (Fsp3) is 0.333. The summed E-state index contributed by atoms with van der Waals surface area (Å²) in [6.45, 7) is 0. The van der Waals surface area contributed by atoms with Crippen LogP contribution >= 0.6 is 12.6 Å². The number of thiol groups is 1. The molecule has 0 bridgehead atoms. The Morgan fingerprint density at radius 2 is 2.60 bits per heavy atom. The highest BCUT2D eigenvalue weighted by molar-refractivity contribution is 7.81. The molecule has 10 heavy (non-hydrogen) atoms. The first-order chi connectivity index (χ1) is 4.83. The molecule has 1 aliphatic rings. The predicted molar refractivity (Wildman–Crippen MR) is 42.9 cm³/mol. The molecule has 54 valence electrons. The standard InChI is InChI=1S/C6H9N3S/c7-9-8-5-1-3-6(10)4-2-5/h1-3,6,10H,4H2,(H2,7,8). The summed E-state index contributed by atoms with van der Waals surface area (Å²) in [6, 6.07) is 0. The molecular formula is C6H9N3S. The summed E-state index contributed by atoms with van der Waals surface area (Å²) in [5, 5.41) is 3.36. The largest absolute Gasteiger partial charge is 0.261 e. The highest BCUT2D eigenvalue weighted by Crippen LogP contribution is 2.12. The predicted octanol–water partition coefficient (Wildman–Crippen LogP) is 1.66. The zero-order valence-electron chi connectivity index (χ0n) is 5.41. The summed E-state index contributed by atoms with van der Waals surface area (Å²) < 4.78 is 0. The minimum Gasteiger partial charge on any atom is -0.261 e. The van der Waals surface area contributed by atoms with Gasteiger partial charge in [0.1, 0.15) is 0 Å². The van der Waals surface area contributed by atoms with E-state index in [-0.39, 0.29) is 0 Å². The van der Waals surface area contributed by atoms with Crippen LogP contribution in [0.5, 0.6) is 0 Å². The fourth-order valence-electron chi connectivity index (χ4n) is 0.757. The van der Waals surface area contributed by atoms with Crippen LogP contribution in [0.4, 0.5) is 0 Å². The van der Waals surface area contributed by atoms with Crippen molar-refractivity contribution in [2.75, 3.05) is 0 Å². The molecular weight excluding hydrogens is 146 g/mol. The second-order valence-corrected chi connectivity index (χ2v) is 2.71. The molecule has 2 N–H and O–H groups in total. The van der Waals surface area contributed by atoms with Crippen LogP contribution in [-0.4, -0.2) is 5.25 Å². The summed E-state index contributed by atoms with van der Waals surface area (Å²) in [6.07, 6.45) is 6.71. The van der Waals surface area contributed by atoms with Gasteiger partial charge in [0.25, 0.3) is 0 Å². The van der Waals surface area contributed by atoms with Crippen molar-refractivity contribution in [1.82, 2.24) is 5.43 Å². The molecule has 0 fully saturated rings. The molecule has 0 heterocycles. The van der Waals surface area contributed by atoms with Gasteiger partial charge in [0.15, 0.2) is 0 Å². The maximum Gasteiger partial charge on any atom is 0.0536 e. The Balaban J connectivity index is 2.49. The van der Waals surface area contributed by atoms with Crippen molar-refractivity contribution < 1.29 is 0 Å². The van der Waals surface area contributed by atoms with E-state index >= 15 is 0 Å². The number of nitrogens with one attached hydrogen (secondary N) is 2. The maximum absolute atomic E-state index is 6.51. The lowest BCUT2D eigenvalue weighted by molar-refractivity contribution is 0.784. The minimum atomic E-state index is 0.316. The summed E-state index contributed by atoms with van der Waals surface area (Å²) in [4.78, 5) is 0. The van der Waals surface area contributed by atoms with E-state index in [0.29, 0.717) is 5.25 Å². The average Bonchev–Trinajstić information content (AvgIpc) is 1.95.